The van der Waals surface area contributed by atoms with Crippen LogP contribution in [0.1, 0.15) is 11.9 Å². The molecule has 0 bridgehead atoms. The number of H-pyrrole nitrogens is 1. The molecule has 1 aromatic carbocycles. The minimum absolute atomic E-state index is 0.169. The van der Waals surface area contributed by atoms with Gasteiger partial charge in [0, 0.05) is 28.9 Å². The van der Waals surface area contributed by atoms with Crippen LogP contribution in [0.3, 0.4) is 0 Å². The number of aliphatic hydroxyl groups is 1. The van der Waals surface area contributed by atoms with Crippen LogP contribution in [0.15, 0.2) is 42.7 Å². The number of hydrogen-bond acceptors (Lipinski definition) is 4. The van der Waals surface area contributed by atoms with Crippen LogP contribution < -0.4 is 5.73 Å². The molecule has 0 saturated heterocycles. The van der Waals surface area contributed by atoms with Crippen molar-refractivity contribution in [1.82, 2.24) is 15.0 Å². The lowest BCUT2D eigenvalue weighted by molar-refractivity contribution is 0.263. The summed E-state index contributed by atoms with van der Waals surface area (Å²) >= 11 is 0. The Bertz CT molecular complexity index is 707. The average Bonchev–Trinajstić information content (AvgIpc) is 2.90. The van der Waals surface area contributed by atoms with E-state index in [4.69, 9.17) is 10.8 Å². The van der Waals surface area contributed by atoms with Gasteiger partial charge in [-0.2, -0.15) is 0 Å². The molecule has 0 saturated carbocycles. The Labute approximate surface area is 110 Å². The molecule has 4 N–H and O–H groups in total. The quantitative estimate of drug-likeness (QED) is 0.662. The van der Waals surface area contributed by atoms with Crippen LogP contribution in [0.5, 0.6) is 0 Å². The third kappa shape index (κ3) is 2.09. The first kappa shape index (κ1) is 11.8. The number of hydrogen-bond donors (Lipinski definition) is 3. The standard InChI is InChI=1S/C14H14N4O/c15-11(8-19)14-16-6-5-13(18-14)10-7-17-12-4-2-1-3-9(10)12/h1-7,11,17,19H,8,15H2. The summed E-state index contributed by atoms with van der Waals surface area (Å²) in [6, 6.07) is 9.31. The number of nitrogens with one attached hydrogen (secondary N) is 1. The maximum atomic E-state index is 9.07. The molecule has 1 unspecified atom stereocenters. The highest BCUT2D eigenvalue weighted by Gasteiger charge is 2.11. The van der Waals surface area contributed by atoms with E-state index in [-0.39, 0.29) is 6.61 Å². The highest BCUT2D eigenvalue weighted by atomic mass is 16.3. The Morgan fingerprint density at radius 3 is 2.95 bits per heavy atom. The molecule has 96 valence electrons. The van der Waals surface area contributed by atoms with E-state index < -0.39 is 6.04 Å². The lowest BCUT2D eigenvalue weighted by atomic mass is 10.1. The molecule has 19 heavy (non-hydrogen) atoms. The van der Waals surface area contributed by atoms with Crippen LogP contribution in [-0.4, -0.2) is 26.7 Å². The summed E-state index contributed by atoms with van der Waals surface area (Å²) in [6.45, 7) is -0.169. The van der Waals surface area contributed by atoms with Crippen molar-refractivity contribution in [1.29, 1.82) is 0 Å². The van der Waals surface area contributed by atoms with E-state index in [1.54, 1.807) is 6.20 Å². The molecule has 0 radical (unpaired) electrons. The topological polar surface area (TPSA) is 87.8 Å². The molecule has 0 aliphatic heterocycles. The number of nitrogens with zero attached hydrogens (tertiary/aromatic N) is 2. The summed E-state index contributed by atoms with van der Waals surface area (Å²) in [4.78, 5) is 11.7. The zero-order valence-corrected chi connectivity index (χ0v) is 10.2. The van der Waals surface area contributed by atoms with Crippen molar-refractivity contribution >= 4 is 10.9 Å². The summed E-state index contributed by atoms with van der Waals surface area (Å²) < 4.78 is 0. The molecule has 2 heterocycles. The number of nitrogens with two attached hydrogens (primary N) is 1. The Morgan fingerprint density at radius 1 is 1.26 bits per heavy atom. The van der Waals surface area contributed by atoms with E-state index in [2.05, 4.69) is 15.0 Å². The van der Waals surface area contributed by atoms with Crippen LogP contribution in [0.4, 0.5) is 0 Å². The van der Waals surface area contributed by atoms with E-state index in [9.17, 15) is 0 Å². The van der Waals surface area contributed by atoms with Crippen LogP contribution in [-0.2, 0) is 0 Å². The zero-order chi connectivity index (χ0) is 13.2. The molecule has 1 atom stereocenters. The zero-order valence-electron chi connectivity index (χ0n) is 10.2. The van der Waals surface area contributed by atoms with Gasteiger partial charge in [-0.25, -0.2) is 9.97 Å². The monoisotopic (exact) mass is 254 g/mol. The average molecular weight is 254 g/mol. The predicted molar refractivity (Wildman–Crippen MR) is 73.3 cm³/mol. The second-order valence-corrected chi connectivity index (χ2v) is 4.34. The van der Waals surface area contributed by atoms with Gasteiger partial charge in [-0.3, -0.25) is 0 Å². The first-order chi connectivity index (χ1) is 9.29. The molecule has 5 nitrogen and oxygen atoms in total. The fourth-order valence-corrected chi connectivity index (χ4v) is 2.07. The molecule has 0 aliphatic carbocycles. The van der Waals surface area contributed by atoms with Gasteiger partial charge in [0.05, 0.1) is 18.3 Å². The number of benzene rings is 1. The number of aliphatic hydroxyl groups excluding tert-OH is 1. The van der Waals surface area contributed by atoms with Gasteiger partial charge in [0.15, 0.2) is 0 Å². The fourth-order valence-electron chi connectivity index (χ4n) is 2.07. The third-order valence-electron chi connectivity index (χ3n) is 3.07. The Hall–Kier alpha value is -2.24. The highest BCUT2D eigenvalue weighted by Crippen LogP contribution is 2.27. The van der Waals surface area contributed by atoms with Crippen molar-refractivity contribution in [3.05, 3.63) is 48.5 Å². The van der Waals surface area contributed by atoms with Crippen LogP contribution in [0.25, 0.3) is 22.2 Å². The normalized spacial score (nSPS) is 12.7. The van der Waals surface area contributed by atoms with Gasteiger partial charge in [0.25, 0.3) is 0 Å². The van der Waals surface area contributed by atoms with E-state index >= 15 is 0 Å². The Kier molecular flexibility index (Phi) is 2.98. The molecule has 3 aromatic rings. The van der Waals surface area contributed by atoms with E-state index in [0.29, 0.717) is 5.82 Å². The molecular weight excluding hydrogens is 240 g/mol. The second kappa shape index (κ2) is 4.79. The predicted octanol–water partition coefficient (Wildman–Crippen LogP) is 1.62. The number of rotatable bonds is 3. The number of aromatic nitrogens is 3. The highest BCUT2D eigenvalue weighted by molar-refractivity contribution is 5.94. The Morgan fingerprint density at radius 2 is 2.11 bits per heavy atom. The lowest BCUT2D eigenvalue weighted by Crippen LogP contribution is -2.17. The molecule has 0 aliphatic rings. The lowest BCUT2D eigenvalue weighted by Gasteiger charge is -2.07. The van der Waals surface area contributed by atoms with Crippen LogP contribution >= 0.6 is 0 Å². The van der Waals surface area contributed by atoms with E-state index in [1.165, 1.54) is 0 Å². The maximum Gasteiger partial charge on any atom is 0.147 e. The fraction of sp³-hybridized carbons (Fsp3) is 0.143. The van der Waals surface area contributed by atoms with Gasteiger partial charge in [-0.05, 0) is 12.1 Å². The molecule has 3 rings (SSSR count). The van der Waals surface area contributed by atoms with Gasteiger partial charge < -0.3 is 15.8 Å². The number of para-hydroxylation sites is 1. The van der Waals surface area contributed by atoms with Crippen molar-refractivity contribution in [2.75, 3.05) is 6.61 Å². The summed E-state index contributed by atoms with van der Waals surface area (Å²) in [5.74, 6) is 0.449. The van der Waals surface area contributed by atoms with E-state index in [1.807, 2.05) is 36.5 Å². The van der Waals surface area contributed by atoms with Crippen molar-refractivity contribution in [3.63, 3.8) is 0 Å². The molecular formula is C14H14N4O. The largest absolute Gasteiger partial charge is 0.394 e. The van der Waals surface area contributed by atoms with Gasteiger partial charge in [0.2, 0.25) is 0 Å². The van der Waals surface area contributed by atoms with Gasteiger partial charge in [0.1, 0.15) is 5.82 Å². The number of aromatic amines is 1. The van der Waals surface area contributed by atoms with E-state index in [0.717, 1.165) is 22.2 Å². The molecule has 2 aromatic heterocycles. The molecule has 5 heteroatoms. The summed E-state index contributed by atoms with van der Waals surface area (Å²) in [7, 11) is 0. The number of fused-ring (bicyclic) bond motifs is 1. The molecule has 0 amide bonds. The van der Waals surface area contributed by atoms with Crippen molar-refractivity contribution < 1.29 is 5.11 Å². The van der Waals surface area contributed by atoms with Crippen LogP contribution in [0.2, 0.25) is 0 Å². The van der Waals surface area contributed by atoms with Crippen LogP contribution in [0, 0.1) is 0 Å². The first-order valence-electron chi connectivity index (χ1n) is 6.05. The van der Waals surface area contributed by atoms with Gasteiger partial charge in [-0.15, -0.1) is 0 Å². The summed E-state index contributed by atoms with van der Waals surface area (Å²) in [6.07, 6.45) is 3.58. The second-order valence-electron chi connectivity index (χ2n) is 4.34. The third-order valence-corrected chi connectivity index (χ3v) is 3.07. The molecule has 0 spiro atoms. The summed E-state index contributed by atoms with van der Waals surface area (Å²) in [5, 5.41) is 10.2. The maximum absolute atomic E-state index is 9.07. The van der Waals surface area contributed by atoms with Crippen molar-refractivity contribution in [2.24, 2.45) is 5.73 Å². The van der Waals surface area contributed by atoms with Crippen molar-refractivity contribution in [2.45, 2.75) is 6.04 Å². The van der Waals surface area contributed by atoms with Gasteiger partial charge in [-0.1, -0.05) is 18.2 Å². The van der Waals surface area contributed by atoms with Gasteiger partial charge >= 0.3 is 0 Å². The minimum atomic E-state index is -0.551. The Balaban J connectivity index is 2.11. The summed E-state index contributed by atoms with van der Waals surface area (Å²) in [5.41, 5.74) is 8.61. The van der Waals surface area contributed by atoms with Crippen molar-refractivity contribution in [3.8, 4) is 11.3 Å². The molecule has 0 fully saturated rings. The SMILES string of the molecule is NC(CO)c1nccc(-c2c[nH]c3ccccc23)n1. The first-order valence-corrected chi connectivity index (χ1v) is 6.05. The minimum Gasteiger partial charge on any atom is -0.394 e. The smallest absolute Gasteiger partial charge is 0.147 e.